The molecule has 106 valence electrons. The van der Waals surface area contributed by atoms with Gasteiger partial charge >= 0.3 is 0 Å². The lowest BCUT2D eigenvalue weighted by Gasteiger charge is -2.36. The van der Waals surface area contributed by atoms with Crippen LogP contribution in [0.5, 0.6) is 0 Å². The van der Waals surface area contributed by atoms with Gasteiger partial charge in [0.1, 0.15) is 5.82 Å². The first-order valence-electron chi connectivity index (χ1n) is 7.66. The standard InChI is InChI=1S/C16H27N3/c1-4-15-9-5-6-11-19(15)16-10-7-8-14(18-16)12-17-13(2)3/h7-8,10,13,15,17H,4-6,9,11-12H2,1-3H3. The largest absolute Gasteiger partial charge is 0.354 e. The Bertz CT molecular complexity index is 389. The van der Waals surface area contributed by atoms with Gasteiger partial charge in [0.05, 0.1) is 5.69 Å². The van der Waals surface area contributed by atoms with Gasteiger partial charge in [-0.1, -0.05) is 26.8 Å². The van der Waals surface area contributed by atoms with Gasteiger partial charge < -0.3 is 10.2 Å². The van der Waals surface area contributed by atoms with Crippen LogP contribution in [0.4, 0.5) is 5.82 Å². The molecule has 1 aromatic rings. The third-order valence-corrected chi connectivity index (χ3v) is 3.88. The van der Waals surface area contributed by atoms with Gasteiger partial charge in [0.2, 0.25) is 0 Å². The van der Waals surface area contributed by atoms with Gasteiger partial charge in [-0.2, -0.15) is 0 Å². The minimum atomic E-state index is 0.504. The van der Waals surface area contributed by atoms with E-state index < -0.39 is 0 Å². The first kappa shape index (κ1) is 14.3. The van der Waals surface area contributed by atoms with E-state index in [1.807, 2.05) is 0 Å². The highest BCUT2D eigenvalue weighted by Crippen LogP contribution is 2.25. The van der Waals surface area contributed by atoms with Crippen LogP contribution >= 0.6 is 0 Å². The Hall–Kier alpha value is -1.09. The number of nitrogens with zero attached hydrogens (tertiary/aromatic N) is 2. The summed E-state index contributed by atoms with van der Waals surface area (Å²) in [6.45, 7) is 8.64. The minimum absolute atomic E-state index is 0.504. The van der Waals surface area contributed by atoms with E-state index in [9.17, 15) is 0 Å². The van der Waals surface area contributed by atoms with Crippen molar-refractivity contribution in [3.63, 3.8) is 0 Å². The lowest BCUT2D eigenvalue weighted by molar-refractivity contribution is 0.446. The lowest BCUT2D eigenvalue weighted by atomic mass is 10.00. The van der Waals surface area contributed by atoms with Crippen molar-refractivity contribution in [2.24, 2.45) is 0 Å². The van der Waals surface area contributed by atoms with Crippen molar-refractivity contribution >= 4 is 5.82 Å². The molecule has 1 unspecified atom stereocenters. The number of rotatable bonds is 5. The molecule has 3 nitrogen and oxygen atoms in total. The van der Waals surface area contributed by atoms with Crippen molar-refractivity contribution in [1.82, 2.24) is 10.3 Å². The summed E-state index contributed by atoms with van der Waals surface area (Å²) in [5.74, 6) is 1.16. The molecule has 0 spiro atoms. The Balaban J connectivity index is 2.08. The number of hydrogen-bond donors (Lipinski definition) is 1. The Kier molecular flexibility index (Phi) is 5.20. The molecule has 0 amide bonds. The maximum atomic E-state index is 4.83. The van der Waals surface area contributed by atoms with E-state index >= 15 is 0 Å². The van der Waals surface area contributed by atoms with E-state index in [0.717, 1.165) is 24.6 Å². The Labute approximate surface area is 117 Å². The van der Waals surface area contributed by atoms with Crippen LogP contribution in [0.3, 0.4) is 0 Å². The van der Waals surface area contributed by atoms with Crippen LogP contribution in [-0.4, -0.2) is 23.6 Å². The molecule has 1 atom stereocenters. The van der Waals surface area contributed by atoms with Crippen LogP contribution in [0.25, 0.3) is 0 Å². The highest BCUT2D eigenvalue weighted by molar-refractivity contribution is 5.41. The molecular weight excluding hydrogens is 234 g/mol. The molecule has 19 heavy (non-hydrogen) atoms. The van der Waals surface area contributed by atoms with Gasteiger partial charge in [-0.25, -0.2) is 4.98 Å². The van der Waals surface area contributed by atoms with Gasteiger partial charge in [-0.05, 0) is 37.8 Å². The van der Waals surface area contributed by atoms with Crippen molar-refractivity contribution < 1.29 is 0 Å². The fourth-order valence-corrected chi connectivity index (χ4v) is 2.76. The second-order valence-corrected chi connectivity index (χ2v) is 5.77. The Morgan fingerprint density at radius 1 is 1.37 bits per heavy atom. The van der Waals surface area contributed by atoms with Gasteiger partial charge in [-0.3, -0.25) is 0 Å². The van der Waals surface area contributed by atoms with Crippen LogP contribution in [0.15, 0.2) is 18.2 Å². The highest BCUT2D eigenvalue weighted by Gasteiger charge is 2.21. The lowest BCUT2D eigenvalue weighted by Crippen LogP contribution is -2.39. The molecule has 0 aliphatic carbocycles. The van der Waals surface area contributed by atoms with E-state index in [0.29, 0.717) is 12.1 Å². The van der Waals surface area contributed by atoms with Crippen LogP contribution < -0.4 is 10.2 Å². The summed E-state index contributed by atoms with van der Waals surface area (Å²) in [4.78, 5) is 7.33. The first-order valence-corrected chi connectivity index (χ1v) is 7.66. The highest BCUT2D eigenvalue weighted by atomic mass is 15.2. The molecule has 0 bridgehead atoms. The summed E-state index contributed by atoms with van der Waals surface area (Å²) >= 11 is 0. The fraction of sp³-hybridized carbons (Fsp3) is 0.688. The molecule has 1 aromatic heterocycles. The Morgan fingerprint density at radius 3 is 2.95 bits per heavy atom. The number of anilines is 1. The first-order chi connectivity index (χ1) is 9.20. The summed E-state index contributed by atoms with van der Waals surface area (Å²) in [5, 5.41) is 3.44. The predicted molar refractivity (Wildman–Crippen MR) is 81.5 cm³/mol. The van der Waals surface area contributed by atoms with Crippen molar-refractivity contribution in [2.75, 3.05) is 11.4 Å². The molecule has 0 aromatic carbocycles. The van der Waals surface area contributed by atoms with Crippen LogP contribution in [-0.2, 0) is 6.54 Å². The molecule has 1 fully saturated rings. The second kappa shape index (κ2) is 6.90. The smallest absolute Gasteiger partial charge is 0.129 e. The van der Waals surface area contributed by atoms with E-state index in [4.69, 9.17) is 4.98 Å². The molecule has 3 heteroatoms. The summed E-state index contributed by atoms with van der Waals surface area (Å²) < 4.78 is 0. The zero-order valence-electron chi connectivity index (χ0n) is 12.5. The van der Waals surface area contributed by atoms with Crippen LogP contribution in [0, 0.1) is 0 Å². The van der Waals surface area contributed by atoms with E-state index in [1.165, 1.54) is 25.7 Å². The molecule has 0 radical (unpaired) electrons. The number of aromatic nitrogens is 1. The van der Waals surface area contributed by atoms with E-state index in [-0.39, 0.29) is 0 Å². The average Bonchev–Trinajstić information content (AvgIpc) is 2.45. The summed E-state index contributed by atoms with van der Waals surface area (Å²) in [5.41, 5.74) is 1.15. The normalized spacial score (nSPS) is 20.0. The molecule has 2 rings (SSSR count). The number of hydrogen-bond acceptors (Lipinski definition) is 3. The third-order valence-electron chi connectivity index (χ3n) is 3.88. The zero-order valence-corrected chi connectivity index (χ0v) is 12.5. The third kappa shape index (κ3) is 3.93. The summed E-state index contributed by atoms with van der Waals surface area (Å²) in [7, 11) is 0. The maximum Gasteiger partial charge on any atom is 0.129 e. The molecule has 0 saturated carbocycles. The second-order valence-electron chi connectivity index (χ2n) is 5.77. The van der Waals surface area contributed by atoms with Crippen LogP contribution in [0.2, 0.25) is 0 Å². The van der Waals surface area contributed by atoms with Gasteiger partial charge in [0.25, 0.3) is 0 Å². The summed E-state index contributed by atoms with van der Waals surface area (Å²) in [6, 6.07) is 7.59. The summed E-state index contributed by atoms with van der Waals surface area (Å²) in [6.07, 6.45) is 5.19. The van der Waals surface area contributed by atoms with Crippen molar-refractivity contribution in [3.05, 3.63) is 23.9 Å². The Morgan fingerprint density at radius 2 is 2.21 bits per heavy atom. The molecule has 1 aliphatic rings. The maximum absolute atomic E-state index is 4.83. The average molecular weight is 261 g/mol. The zero-order chi connectivity index (χ0) is 13.7. The number of piperidine rings is 1. The molecule has 1 saturated heterocycles. The number of pyridine rings is 1. The molecular formula is C16H27N3. The molecule has 2 heterocycles. The molecule has 1 aliphatic heterocycles. The topological polar surface area (TPSA) is 28.2 Å². The van der Waals surface area contributed by atoms with Crippen molar-refractivity contribution in [3.8, 4) is 0 Å². The van der Waals surface area contributed by atoms with Gasteiger partial charge in [-0.15, -0.1) is 0 Å². The predicted octanol–water partition coefficient (Wildman–Crippen LogP) is 3.35. The molecule has 1 N–H and O–H groups in total. The fourth-order valence-electron chi connectivity index (χ4n) is 2.76. The van der Waals surface area contributed by atoms with E-state index in [2.05, 4.69) is 49.2 Å². The van der Waals surface area contributed by atoms with Crippen molar-refractivity contribution in [1.29, 1.82) is 0 Å². The van der Waals surface area contributed by atoms with Crippen molar-refractivity contribution in [2.45, 2.75) is 65.1 Å². The number of nitrogens with one attached hydrogen (secondary N) is 1. The van der Waals surface area contributed by atoms with Gasteiger partial charge in [0.15, 0.2) is 0 Å². The quantitative estimate of drug-likeness (QED) is 0.881. The minimum Gasteiger partial charge on any atom is -0.354 e. The van der Waals surface area contributed by atoms with Crippen LogP contribution in [0.1, 0.15) is 52.1 Å². The van der Waals surface area contributed by atoms with E-state index in [1.54, 1.807) is 0 Å². The monoisotopic (exact) mass is 261 g/mol. The SMILES string of the molecule is CCC1CCCCN1c1cccc(CNC(C)C)n1. The van der Waals surface area contributed by atoms with Gasteiger partial charge in [0, 0.05) is 25.2 Å².